The molecule has 0 saturated carbocycles. The second-order valence-electron chi connectivity index (χ2n) is 3.74. The summed E-state index contributed by atoms with van der Waals surface area (Å²) in [4.78, 5) is 0. The molecule has 0 aliphatic carbocycles. The van der Waals surface area contributed by atoms with Crippen molar-refractivity contribution in [3.05, 3.63) is 34.9 Å². The Morgan fingerprint density at radius 3 is 2.50 bits per heavy atom. The standard InChI is InChI=1S/C13H21N/c1-4-6-12-8-7-11(5-2)9-13(12)10-14-3/h7-9,14H,4-6,10H2,1-3H3. The molecule has 1 heteroatoms. The van der Waals surface area contributed by atoms with Gasteiger partial charge in [0.15, 0.2) is 0 Å². The average molecular weight is 191 g/mol. The lowest BCUT2D eigenvalue weighted by Gasteiger charge is -2.10. The van der Waals surface area contributed by atoms with Crippen LogP contribution in [0.4, 0.5) is 0 Å². The van der Waals surface area contributed by atoms with E-state index in [9.17, 15) is 0 Å². The zero-order valence-electron chi connectivity index (χ0n) is 9.56. The molecule has 0 aliphatic heterocycles. The predicted molar refractivity (Wildman–Crippen MR) is 62.6 cm³/mol. The maximum absolute atomic E-state index is 3.23. The lowest BCUT2D eigenvalue weighted by atomic mass is 9.99. The summed E-state index contributed by atoms with van der Waals surface area (Å²) < 4.78 is 0. The monoisotopic (exact) mass is 191 g/mol. The molecule has 0 atom stereocenters. The third kappa shape index (κ3) is 2.85. The number of benzene rings is 1. The molecule has 1 nitrogen and oxygen atoms in total. The van der Waals surface area contributed by atoms with E-state index in [1.54, 1.807) is 0 Å². The van der Waals surface area contributed by atoms with Crippen LogP contribution < -0.4 is 5.32 Å². The number of hydrogen-bond donors (Lipinski definition) is 1. The van der Waals surface area contributed by atoms with E-state index in [-0.39, 0.29) is 0 Å². The summed E-state index contributed by atoms with van der Waals surface area (Å²) >= 11 is 0. The van der Waals surface area contributed by atoms with Gasteiger partial charge in [0.25, 0.3) is 0 Å². The molecule has 0 unspecified atom stereocenters. The molecule has 0 spiro atoms. The fourth-order valence-corrected chi connectivity index (χ4v) is 1.77. The van der Waals surface area contributed by atoms with Crippen LogP contribution in [-0.2, 0) is 19.4 Å². The van der Waals surface area contributed by atoms with Gasteiger partial charge in [-0.05, 0) is 36.6 Å². The molecule has 0 fully saturated rings. The van der Waals surface area contributed by atoms with Crippen molar-refractivity contribution in [3.63, 3.8) is 0 Å². The second-order valence-corrected chi connectivity index (χ2v) is 3.74. The normalized spacial score (nSPS) is 10.5. The highest BCUT2D eigenvalue weighted by Crippen LogP contribution is 2.14. The molecule has 78 valence electrons. The van der Waals surface area contributed by atoms with Gasteiger partial charge in [0.05, 0.1) is 0 Å². The van der Waals surface area contributed by atoms with E-state index in [1.807, 2.05) is 7.05 Å². The zero-order valence-corrected chi connectivity index (χ0v) is 9.56. The Hall–Kier alpha value is -0.820. The average Bonchev–Trinajstić information content (AvgIpc) is 2.21. The van der Waals surface area contributed by atoms with Gasteiger partial charge in [-0.2, -0.15) is 0 Å². The van der Waals surface area contributed by atoms with Crippen molar-refractivity contribution in [1.29, 1.82) is 0 Å². The van der Waals surface area contributed by atoms with Gasteiger partial charge >= 0.3 is 0 Å². The largest absolute Gasteiger partial charge is 0.316 e. The van der Waals surface area contributed by atoms with Crippen LogP contribution in [-0.4, -0.2) is 7.05 Å². The van der Waals surface area contributed by atoms with Crippen molar-refractivity contribution in [2.75, 3.05) is 7.05 Å². The van der Waals surface area contributed by atoms with Crippen molar-refractivity contribution >= 4 is 0 Å². The minimum atomic E-state index is 0.989. The number of nitrogens with one attached hydrogen (secondary N) is 1. The topological polar surface area (TPSA) is 12.0 Å². The molecule has 1 aromatic carbocycles. The van der Waals surface area contributed by atoms with Crippen molar-refractivity contribution in [2.24, 2.45) is 0 Å². The quantitative estimate of drug-likeness (QED) is 0.754. The first-order chi connectivity index (χ1) is 6.81. The fraction of sp³-hybridized carbons (Fsp3) is 0.538. The Morgan fingerprint density at radius 1 is 1.14 bits per heavy atom. The van der Waals surface area contributed by atoms with E-state index in [4.69, 9.17) is 0 Å². The van der Waals surface area contributed by atoms with Crippen LogP contribution in [0.5, 0.6) is 0 Å². The number of aryl methyl sites for hydroxylation is 2. The molecule has 0 amide bonds. The van der Waals surface area contributed by atoms with Crippen LogP contribution >= 0.6 is 0 Å². The SMILES string of the molecule is CCCc1ccc(CC)cc1CNC. The first-order valence-corrected chi connectivity index (χ1v) is 5.57. The summed E-state index contributed by atoms with van der Waals surface area (Å²) in [6, 6.07) is 6.88. The lowest BCUT2D eigenvalue weighted by Crippen LogP contribution is -2.08. The summed E-state index contributed by atoms with van der Waals surface area (Å²) in [6.45, 7) is 5.43. The lowest BCUT2D eigenvalue weighted by molar-refractivity contribution is 0.792. The first-order valence-electron chi connectivity index (χ1n) is 5.57. The Bertz CT molecular complexity index is 279. The Balaban J connectivity index is 2.91. The Labute approximate surface area is 87.5 Å². The Morgan fingerprint density at radius 2 is 1.93 bits per heavy atom. The molecule has 0 radical (unpaired) electrons. The van der Waals surface area contributed by atoms with E-state index in [1.165, 1.54) is 29.5 Å². The summed E-state index contributed by atoms with van der Waals surface area (Å²) in [5.41, 5.74) is 4.41. The van der Waals surface area contributed by atoms with Gasteiger partial charge in [-0.3, -0.25) is 0 Å². The van der Waals surface area contributed by atoms with Crippen LogP contribution in [0.2, 0.25) is 0 Å². The molecular weight excluding hydrogens is 170 g/mol. The maximum Gasteiger partial charge on any atom is 0.0205 e. The molecular formula is C13H21N. The van der Waals surface area contributed by atoms with Gasteiger partial charge in [-0.25, -0.2) is 0 Å². The maximum atomic E-state index is 3.23. The van der Waals surface area contributed by atoms with E-state index in [0.29, 0.717) is 0 Å². The molecule has 0 aromatic heterocycles. The van der Waals surface area contributed by atoms with Crippen LogP contribution in [0.15, 0.2) is 18.2 Å². The zero-order chi connectivity index (χ0) is 10.4. The highest BCUT2D eigenvalue weighted by molar-refractivity contribution is 5.32. The molecule has 0 aliphatic rings. The summed E-state index contributed by atoms with van der Waals surface area (Å²) in [6.07, 6.45) is 3.55. The second kappa shape index (κ2) is 5.82. The molecule has 1 N–H and O–H groups in total. The van der Waals surface area contributed by atoms with E-state index >= 15 is 0 Å². The van der Waals surface area contributed by atoms with Gasteiger partial charge in [-0.15, -0.1) is 0 Å². The van der Waals surface area contributed by atoms with Crippen molar-refractivity contribution in [2.45, 2.75) is 39.7 Å². The number of rotatable bonds is 5. The highest BCUT2D eigenvalue weighted by atomic mass is 14.8. The van der Waals surface area contributed by atoms with E-state index in [0.717, 1.165) is 13.0 Å². The van der Waals surface area contributed by atoms with E-state index in [2.05, 4.69) is 37.4 Å². The van der Waals surface area contributed by atoms with Crippen molar-refractivity contribution in [1.82, 2.24) is 5.32 Å². The van der Waals surface area contributed by atoms with Crippen molar-refractivity contribution in [3.8, 4) is 0 Å². The molecule has 14 heavy (non-hydrogen) atoms. The van der Waals surface area contributed by atoms with Crippen LogP contribution in [0, 0.1) is 0 Å². The van der Waals surface area contributed by atoms with Gasteiger partial charge < -0.3 is 5.32 Å². The van der Waals surface area contributed by atoms with Gasteiger partial charge in [0.1, 0.15) is 0 Å². The fourth-order valence-electron chi connectivity index (χ4n) is 1.77. The van der Waals surface area contributed by atoms with Crippen LogP contribution in [0.3, 0.4) is 0 Å². The predicted octanol–water partition coefficient (Wildman–Crippen LogP) is 2.92. The smallest absolute Gasteiger partial charge is 0.0205 e. The Kier molecular flexibility index (Phi) is 4.68. The molecule has 0 heterocycles. The van der Waals surface area contributed by atoms with Gasteiger partial charge in [-0.1, -0.05) is 38.5 Å². The summed E-state index contributed by atoms with van der Waals surface area (Å²) in [5.74, 6) is 0. The molecule has 1 aromatic rings. The third-order valence-electron chi connectivity index (χ3n) is 2.57. The highest BCUT2D eigenvalue weighted by Gasteiger charge is 2.01. The summed E-state index contributed by atoms with van der Waals surface area (Å²) in [7, 11) is 2.01. The minimum absolute atomic E-state index is 0.989. The van der Waals surface area contributed by atoms with Gasteiger partial charge in [0, 0.05) is 6.54 Å². The third-order valence-corrected chi connectivity index (χ3v) is 2.57. The number of hydrogen-bond acceptors (Lipinski definition) is 1. The van der Waals surface area contributed by atoms with Crippen molar-refractivity contribution < 1.29 is 0 Å². The van der Waals surface area contributed by atoms with Gasteiger partial charge in [0.2, 0.25) is 0 Å². The van der Waals surface area contributed by atoms with Crippen LogP contribution in [0.1, 0.15) is 37.0 Å². The molecule has 0 saturated heterocycles. The molecule has 1 rings (SSSR count). The first kappa shape index (κ1) is 11.3. The van der Waals surface area contributed by atoms with Crippen LogP contribution in [0.25, 0.3) is 0 Å². The minimum Gasteiger partial charge on any atom is -0.316 e. The molecule has 0 bridgehead atoms. The summed E-state index contributed by atoms with van der Waals surface area (Å²) in [5, 5.41) is 3.23. The van der Waals surface area contributed by atoms with E-state index < -0.39 is 0 Å².